The minimum atomic E-state index is 0.160. The van der Waals surface area contributed by atoms with Crippen molar-refractivity contribution in [1.82, 2.24) is 19.4 Å². The number of unbranched alkanes of at least 4 members (excludes halogenated alkanes) is 1. The van der Waals surface area contributed by atoms with E-state index in [9.17, 15) is 4.79 Å². The summed E-state index contributed by atoms with van der Waals surface area (Å²) in [7, 11) is 0. The van der Waals surface area contributed by atoms with E-state index in [0.29, 0.717) is 6.54 Å². The maximum atomic E-state index is 12.1. The molecule has 0 unspecified atom stereocenters. The number of imidazole rings is 1. The first kappa shape index (κ1) is 14.0. The molecular formula is C13H22N4O2. The van der Waals surface area contributed by atoms with Gasteiger partial charge in [-0.15, -0.1) is 0 Å². The van der Waals surface area contributed by atoms with Gasteiger partial charge in [-0.3, -0.25) is 9.69 Å². The van der Waals surface area contributed by atoms with Crippen LogP contribution in [0, 0.1) is 0 Å². The lowest BCUT2D eigenvalue weighted by atomic mass is 10.2. The lowest BCUT2D eigenvalue weighted by molar-refractivity contribution is -0.133. The molecule has 0 bridgehead atoms. The molecule has 106 valence electrons. The predicted octanol–water partition coefficient (Wildman–Crippen LogP) is -0.200. The first-order chi connectivity index (χ1) is 9.29. The van der Waals surface area contributed by atoms with Crippen molar-refractivity contribution < 1.29 is 9.90 Å². The molecule has 6 heteroatoms. The zero-order chi connectivity index (χ0) is 13.5. The summed E-state index contributed by atoms with van der Waals surface area (Å²) in [6.07, 6.45) is 7.05. The molecule has 0 atom stereocenters. The Bertz CT molecular complexity index is 372. The zero-order valence-corrected chi connectivity index (χ0v) is 11.2. The molecular weight excluding hydrogens is 244 g/mol. The standard InChI is InChI=1S/C13H22N4O2/c18-10-2-1-4-15-6-8-17(9-7-15)13(19)11-16-5-3-14-12-16/h3,5,12,18H,1-2,4,6-11H2. The fraction of sp³-hybridized carbons (Fsp3) is 0.692. The first-order valence-corrected chi connectivity index (χ1v) is 6.86. The van der Waals surface area contributed by atoms with Crippen LogP contribution >= 0.6 is 0 Å². The summed E-state index contributed by atoms with van der Waals surface area (Å²) in [6, 6.07) is 0. The Balaban J connectivity index is 1.69. The van der Waals surface area contributed by atoms with E-state index in [-0.39, 0.29) is 12.5 Å². The van der Waals surface area contributed by atoms with E-state index in [0.717, 1.165) is 45.6 Å². The lowest BCUT2D eigenvalue weighted by Gasteiger charge is -2.34. The second kappa shape index (κ2) is 7.25. The molecule has 6 nitrogen and oxygen atoms in total. The molecule has 1 amide bonds. The van der Waals surface area contributed by atoms with Crippen LogP contribution in [0.4, 0.5) is 0 Å². The van der Waals surface area contributed by atoms with Crippen LogP contribution in [0.25, 0.3) is 0 Å². The van der Waals surface area contributed by atoms with Crippen molar-refractivity contribution in [3.63, 3.8) is 0 Å². The molecule has 0 aromatic carbocycles. The summed E-state index contributed by atoms with van der Waals surface area (Å²) in [4.78, 5) is 20.3. The molecule has 0 aliphatic carbocycles. The Hall–Kier alpha value is -1.40. The van der Waals surface area contributed by atoms with Gasteiger partial charge in [0.2, 0.25) is 5.91 Å². The quantitative estimate of drug-likeness (QED) is 0.724. The molecule has 1 aromatic heterocycles. The second-order valence-corrected chi connectivity index (χ2v) is 4.89. The van der Waals surface area contributed by atoms with Gasteiger partial charge >= 0.3 is 0 Å². The molecule has 1 N–H and O–H groups in total. The number of nitrogens with zero attached hydrogens (tertiary/aromatic N) is 4. The maximum absolute atomic E-state index is 12.1. The molecule has 0 spiro atoms. The lowest BCUT2D eigenvalue weighted by Crippen LogP contribution is -2.49. The molecule has 0 radical (unpaired) electrons. The Morgan fingerprint density at radius 3 is 2.63 bits per heavy atom. The van der Waals surface area contributed by atoms with Crippen molar-refractivity contribution in [3.05, 3.63) is 18.7 Å². The number of amides is 1. The Morgan fingerprint density at radius 2 is 2.00 bits per heavy atom. The molecule has 1 aliphatic heterocycles. The third-order valence-electron chi connectivity index (χ3n) is 3.48. The normalized spacial score (nSPS) is 16.8. The minimum Gasteiger partial charge on any atom is -0.396 e. The number of carbonyl (C=O) groups is 1. The molecule has 0 saturated carbocycles. The number of aliphatic hydroxyl groups excluding tert-OH is 1. The van der Waals surface area contributed by atoms with Crippen molar-refractivity contribution in [2.75, 3.05) is 39.3 Å². The van der Waals surface area contributed by atoms with Crippen LogP contribution in [0.3, 0.4) is 0 Å². The predicted molar refractivity (Wildman–Crippen MR) is 71.6 cm³/mol. The van der Waals surface area contributed by atoms with Crippen LogP contribution in [-0.2, 0) is 11.3 Å². The van der Waals surface area contributed by atoms with Crippen molar-refractivity contribution in [2.24, 2.45) is 0 Å². The number of hydrogen-bond acceptors (Lipinski definition) is 4. The summed E-state index contributed by atoms with van der Waals surface area (Å²) in [6.45, 7) is 5.12. The summed E-state index contributed by atoms with van der Waals surface area (Å²) < 4.78 is 1.80. The average Bonchev–Trinajstić information content (AvgIpc) is 2.93. The van der Waals surface area contributed by atoms with Gasteiger partial charge in [-0.05, 0) is 19.4 Å². The van der Waals surface area contributed by atoms with E-state index in [4.69, 9.17) is 5.11 Å². The maximum Gasteiger partial charge on any atom is 0.242 e. The van der Waals surface area contributed by atoms with Crippen molar-refractivity contribution in [1.29, 1.82) is 0 Å². The van der Waals surface area contributed by atoms with Crippen LogP contribution in [0.15, 0.2) is 18.7 Å². The molecule has 1 saturated heterocycles. The fourth-order valence-corrected chi connectivity index (χ4v) is 2.30. The van der Waals surface area contributed by atoms with E-state index in [2.05, 4.69) is 9.88 Å². The SMILES string of the molecule is O=C(Cn1ccnc1)N1CCN(CCCCO)CC1. The van der Waals surface area contributed by atoms with E-state index >= 15 is 0 Å². The largest absolute Gasteiger partial charge is 0.396 e. The Morgan fingerprint density at radius 1 is 1.21 bits per heavy atom. The molecule has 1 fully saturated rings. The highest BCUT2D eigenvalue weighted by Gasteiger charge is 2.20. The van der Waals surface area contributed by atoms with Crippen molar-refractivity contribution in [2.45, 2.75) is 19.4 Å². The van der Waals surface area contributed by atoms with Crippen LogP contribution < -0.4 is 0 Å². The number of aliphatic hydroxyl groups is 1. The highest BCUT2D eigenvalue weighted by Crippen LogP contribution is 2.05. The van der Waals surface area contributed by atoms with E-state index in [1.54, 1.807) is 17.1 Å². The van der Waals surface area contributed by atoms with Crippen molar-refractivity contribution >= 4 is 5.91 Å². The number of piperazine rings is 1. The summed E-state index contributed by atoms with van der Waals surface area (Å²) in [5, 5.41) is 8.75. The van der Waals surface area contributed by atoms with Gasteiger partial charge < -0.3 is 14.6 Å². The number of carbonyl (C=O) groups excluding carboxylic acids is 1. The minimum absolute atomic E-state index is 0.160. The van der Waals surface area contributed by atoms with E-state index in [1.807, 2.05) is 11.1 Å². The van der Waals surface area contributed by atoms with Gasteiger partial charge in [0, 0.05) is 45.2 Å². The van der Waals surface area contributed by atoms with Gasteiger partial charge in [-0.2, -0.15) is 0 Å². The average molecular weight is 266 g/mol. The molecule has 2 rings (SSSR count). The molecule has 1 aliphatic rings. The van der Waals surface area contributed by atoms with Crippen LogP contribution in [0.5, 0.6) is 0 Å². The summed E-state index contributed by atoms with van der Waals surface area (Å²) >= 11 is 0. The van der Waals surface area contributed by atoms with Gasteiger partial charge in [0.25, 0.3) is 0 Å². The van der Waals surface area contributed by atoms with Gasteiger partial charge in [-0.25, -0.2) is 4.98 Å². The molecule has 1 aromatic rings. The zero-order valence-electron chi connectivity index (χ0n) is 11.2. The Kier molecular flexibility index (Phi) is 5.35. The Labute approximate surface area is 113 Å². The highest BCUT2D eigenvalue weighted by atomic mass is 16.2. The van der Waals surface area contributed by atoms with E-state index < -0.39 is 0 Å². The summed E-state index contributed by atoms with van der Waals surface area (Å²) in [5.41, 5.74) is 0. The van der Waals surface area contributed by atoms with Gasteiger partial charge in [-0.1, -0.05) is 0 Å². The molecule has 2 heterocycles. The highest BCUT2D eigenvalue weighted by molar-refractivity contribution is 5.76. The fourth-order valence-electron chi connectivity index (χ4n) is 2.30. The second-order valence-electron chi connectivity index (χ2n) is 4.89. The van der Waals surface area contributed by atoms with Crippen LogP contribution in [-0.4, -0.2) is 69.7 Å². The number of hydrogen-bond donors (Lipinski definition) is 1. The topological polar surface area (TPSA) is 61.6 Å². The van der Waals surface area contributed by atoms with Crippen LogP contribution in [0.2, 0.25) is 0 Å². The van der Waals surface area contributed by atoms with Crippen molar-refractivity contribution in [3.8, 4) is 0 Å². The smallest absolute Gasteiger partial charge is 0.242 e. The third kappa shape index (κ3) is 4.33. The molecule has 19 heavy (non-hydrogen) atoms. The van der Waals surface area contributed by atoms with E-state index in [1.165, 1.54) is 0 Å². The number of aromatic nitrogens is 2. The van der Waals surface area contributed by atoms with Gasteiger partial charge in [0.05, 0.1) is 6.33 Å². The monoisotopic (exact) mass is 266 g/mol. The van der Waals surface area contributed by atoms with Gasteiger partial charge in [0.15, 0.2) is 0 Å². The van der Waals surface area contributed by atoms with Crippen LogP contribution in [0.1, 0.15) is 12.8 Å². The first-order valence-electron chi connectivity index (χ1n) is 6.86. The summed E-state index contributed by atoms with van der Waals surface area (Å²) in [5.74, 6) is 0.160. The number of rotatable bonds is 6. The third-order valence-corrected chi connectivity index (χ3v) is 3.48. The van der Waals surface area contributed by atoms with Gasteiger partial charge in [0.1, 0.15) is 6.54 Å².